The van der Waals surface area contributed by atoms with Gasteiger partial charge < -0.3 is 10.0 Å². The van der Waals surface area contributed by atoms with E-state index in [1.807, 2.05) is 11.8 Å². The number of hydrogen-bond donors (Lipinski definition) is 1. The summed E-state index contributed by atoms with van der Waals surface area (Å²) < 4.78 is 0. The summed E-state index contributed by atoms with van der Waals surface area (Å²) in [6, 6.07) is 0. The fourth-order valence-corrected chi connectivity index (χ4v) is 8.33. The molecule has 0 bridgehead atoms. The van der Waals surface area contributed by atoms with E-state index in [4.69, 9.17) is 0 Å². The molecule has 27 heavy (non-hydrogen) atoms. The highest BCUT2D eigenvalue weighted by atomic mass is 32.2. The van der Waals surface area contributed by atoms with E-state index >= 15 is 0 Å². The van der Waals surface area contributed by atoms with Crippen LogP contribution in [-0.2, 0) is 0 Å². The molecule has 148 valence electrons. The zero-order valence-corrected chi connectivity index (χ0v) is 18.0. The Morgan fingerprint density at radius 3 is 2.74 bits per heavy atom. The van der Waals surface area contributed by atoms with Gasteiger partial charge in [0.25, 0.3) is 0 Å². The lowest BCUT2D eigenvalue weighted by Gasteiger charge is -2.60. The van der Waals surface area contributed by atoms with Gasteiger partial charge in [-0.3, -0.25) is 0 Å². The number of aliphatic hydroxyl groups is 1. The smallest absolute Gasteiger partial charge is 0.0720 e. The average Bonchev–Trinajstić information content (AvgIpc) is 3.28. The summed E-state index contributed by atoms with van der Waals surface area (Å²) in [7, 11) is 0. The van der Waals surface area contributed by atoms with E-state index in [2.05, 4.69) is 49.4 Å². The zero-order valence-electron chi connectivity index (χ0n) is 17.2. The maximum atomic E-state index is 10.3. The third kappa shape index (κ3) is 2.56. The number of fused-ring (bicyclic) bond motifs is 5. The van der Waals surface area contributed by atoms with Crippen LogP contribution in [0.3, 0.4) is 0 Å². The molecule has 5 aliphatic rings. The van der Waals surface area contributed by atoms with E-state index in [1.165, 1.54) is 32.1 Å². The highest BCUT2D eigenvalue weighted by Crippen LogP contribution is 2.66. The highest BCUT2D eigenvalue weighted by Gasteiger charge is 2.59. The van der Waals surface area contributed by atoms with E-state index < -0.39 is 0 Å². The number of aliphatic hydroxyl groups excluding tert-OH is 1. The van der Waals surface area contributed by atoms with Crippen LogP contribution in [0.25, 0.3) is 0 Å². The fourth-order valence-electron chi connectivity index (χ4n) is 7.62. The van der Waals surface area contributed by atoms with Gasteiger partial charge in [-0.25, -0.2) is 0 Å². The summed E-state index contributed by atoms with van der Waals surface area (Å²) in [5.41, 5.74) is 3.90. The second-order valence-electron chi connectivity index (χ2n) is 10.2. The lowest BCUT2D eigenvalue weighted by Crippen LogP contribution is -2.53. The molecule has 0 saturated heterocycles. The molecule has 0 spiro atoms. The Balaban J connectivity index is 1.51. The first kappa shape index (κ1) is 18.4. The molecule has 2 nitrogen and oxygen atoms in total. The molecule has 2 fully saturated rings. The molecule has 0 aromatic carbocycles. The molecule has 2 unspecified atom stereocenters. The van der Waals surface area contributed by atoms with Crippen molar-refractivity contribution in [3.05, 3.63) is 35.0 Å². The number of hydrogen-bond acceptors (Lipinski definition) is 3. The Bertz CT molecular complexity index is 711. The van der Waals surface area contributed by atoms with E-state index in [-0.39, 0.29) is 6.10 Å². The third-order valence-corrected chi connectivity index (χ3v) is 9.86. The summed E-state index contributed by atoms with van der Waals surface area (Å²) in [5.74, 6) is 4.20. The number of rotatable bonds is 2. The predicted molar refractivity (Wildman–Crippen MR) is 114 cm³/mol. The molecular formula is C24H35NOS. The van der Waals surface area contributed by atoms with Gasteiger partial charge in [0.1, 0.15) is 0 Å². The minimum absolute atomic E-state index is 0.105. The van der Waals surface area contributed by atoms with Gasteiger partial charge in [0.05, 0.1) is 12.0 Å². The van der Waals surface area contributed by atoms with Crippen LogP contribution in [0.5, 0.6) is 0 Å². The first-order valence-corrected chi connectivity index (χ1v) is 12.2. The zero-order chi connectivity index (χ0) is 18.8. The van der Waals surface area contributed by atoms with Crippen LogP contribution in [0, 0.1) is 34.5 Å². The Kier molecular flexibility index (Phi) is 4.37. The van der Waals surface area contributed by atoms with Crippen molar-refractivity contribution in [1.29, 1.82) is 0 Å². The maximum Gasteiger partial charge on any atom is 0.0720 e. The molecule has 3 heteroatoms. The van der Waals surface area contributed by atoms with Crippen molar-refractivity contribution in [1.82, 2.24) is 4.90 Å². The largest absolute Gasteiger partial charge is 0.393 e. The van der Waals surface area contributed by atoms with Gasteiger partial charge in [0.15, 0.2) is 0 Å². The predicted octanol–water partition coefficient (Wildman–Crippen LogP) is 5.92. The Morgan fingerprint density at radius 2 is 2.00 bits per heavy atom. The number of thioether (sulfide) groups is 1. The van der Waals surface area contributed by atoms with Crippen molar-refractivity contribution < 1.29 is 5.11 Å². The molecule has 1 N–H and O–H groups in total. The molecule has 7 atom stereocenters. The first-order valence-electron chi connectivity index (χ1n) is 11.1. The molecule has 0 radical (unpaired) electrons. The Hall–Kier alpha value is -0.670. The molecule has 5 rings (SSSR count). The van der Waals surface area contributed by atoms with Crippen molar-refractivity contribution in [3.8, 4) is 0 Å². The van der Waals surface area contributed by atoms with Crippen molar-refractivity contribution in [3.63, 3.8) is 0 Å². The maximum absolute atomic E-state index is 10.3. The standard InChI is InChI=1S/C24H35NOS/c1-4-16-13-17-14-18(26)7-9-23(17,2)20-8-10-24(3)19(22(16)20)5-6-21(24)25-11-12-27-15-25/h6,11-13,16,18-20,22,26H,4-5,7-10,14-15H2,1-3H3/t16?,18?,19-,20-,22-,23-,24-/m0/s1. The van der Waals surface area contributed by atoms with Crippen LogP contribution in [0.15, 0.2) is 35.0 Å². The van der Waals surface area contributed by atoms with E-state index in [0.717, 1.165) is 36.5 Å². The molecule has 1 aliphatic heterocycles. The average molecular weight is 386 g/mol. The monoisotopic (exact) mass is 385 g/mol. The second kappa shape index (κ2) is 6.42. The van der Waals surface area contributed by atoms with Crippen LogP contribution in [0.4, 0.5) is 0 Å². The molecule has 0 aromatic heterocycles. The van der Waals surface area contributed by atoms with Crippen LogP contribution in [0.2, 0.25) is 0 Å². The number of nitrogens with zero attached hydrogens (tertiary/aromatic N) is 1. The minimum atomic E-state index is -0.105. The summed E-state index contributed by atoms with van der Waals surface area (Å²) in [4.78, 5) is 2.52. The third-order valence-electron chi connectivity index (χ3n) is 9.12. The molecular weight excluding hydrogens is 350 g/mol. The molecule has 1 heterocycles. The summed E-state index contributed by atoms with van der Waals surface area (Å²) >= 11 is 1.92. The van der Waals surface area contributed by atoms with Crippen LogP contribution in [-0.4, -0.2) is 22.0 Å². The van der Waals surface area contributed by atoms with E-state index in [1.54, 1.807) is 11.3 Å². The normalized spacial score (nSPS) is 48.6. The van der Waals surface area contributed by atoms with Gasteiger partial charge in [0.2, 0.25) is 0 Å². The van der Waals surface area contributed by atoms with Crippen LogP contribution < -0.4 is 0 Å². The SMILES string of the molecule is CCC1C=C2CC(O)CC[C@]2(C)[C@H]2CC[C@]3(C)C(N4C=CSC4)=CC[C@H]3[C@H]12. The topological polar surface area (TPSA) is 23.5 Å². The van der Waals surface area contributed by atoms with E-state index in [9.17, 15) is 5.11 Å². The van der Waals surface area contributed by atoms with Crippen molar-refractivity contribution >= 4 is 11.8 Å². The van der Waals surface area contributed by atoms with Crippen LogP contribution in [0.1, 0.15) is 65.7 Å². The highest BCUT2D eigenvalue weighted by molar-refractivity contribution is 8.02. The second-order valence-corrected chi connectivity index (χ2v) is 11.1. The summed E-state index contributed by atoms with van der Waals surface area (Å²) in [5, 5.41) is 12.6. The fraction of sp³-hybridized carbons (Fsp3) is 0.750. The molecule has 0 amide bonds. The number of allylic oxidation sites excluding steroid dienone is 3. The van der Waals surface area contributed by atoms with Crippen LogP contribution >= 0.6 is 11.8 Å². The Labute approximate surface area is 169 Å². The van der Waals surface area contributed by atoms with Gasteiger partial charge in [-0.15, -0.1) is 11.8 Å². The molecule has 0 aromatic rings. The van der Waals surface area contributed by atoms with Crippen molar-refractivity contribution in [2.45, 2.75) is 71.8 Å². The van der Waals surface area contributed by atoms with Gasteiger partial charge in [-0.2, -0.15) is 0 Å². The Morgan fingerprint density at radius 1 is 1.19 bits per heavy atom. The van der Waals surface area contributed by atoms with Gasteiger partial charge in [-0.1, -0.05) is 38.5 Å². The summed E-state index contributed by atoms with van der Waals surface area (Å²) in [6.45, 7) is 7.50. The van der Waals surface area contributed by atoms with Gasteiger partial charge in [0, 0.05) is 17.3 Å². The van der Waals surface area contributed by atoms with Crippen molar-refractivity contribution in [2.24, 2.45) is 34.5 Å². The quantitative estimate of drug-likeness (QED) is 0.597. The lowest BCUT2D eigenvalue weighted by atomic mass is 9.45. The lowest BCUT2D eigenvalue weighted by molar-refractivity contribution is -0.0557. The van der Waals surface area contributed by atoms with Crippen molar-refractivity contribution in [2.75, 3.05) is 5.88 Å². The minimum Gasteiger partial charge on any atom is -0.393 e. The summed E-state index contributed by atoms with van der Waals surface area (Å²) in [6.07, 6.45) is 15.7. The molecule has 2 saturated carbocycles. The van der Waals surface area contributed by atoms with Gasteiger partial charge >= 0.3 is 0 Å². The molecule has 4 aliphatic carbocycles. The first-order chi connectivity index (χ1) is 13.0. The van der Waals surface area contributed by atoms with Gasteiger partial charge in [-0.05, 0) is 79.4 Å². The van der Waals surface area contributed by atoms with E-state index in [0.29, 0.717) is 16.7 Å².